The lowest BCUT2D eigenvalue weighted by Gasteiger charge is -2.11. The molecular weight excluding hydrogens is 514 g/mol. The predicted octanol–water partition coefficient (Wildman–Crippen LogP) is 2.41. The molecule has 0 bridgehead atoms. The largest absolute Gasteiger partial charge is 0.491 e. The number of nitrogens with zero attached hydrogens (tertiary/aromatic N) is 2. The molecule has 2 rings (SSSR count). The van der Waals surface area contributed by atoms with E-state index in [0.29, 0.717) is 46.2 Å². The number of carbonyl (C=O) groups excluding carboxylic acids is 1. The maximum atomic E-state index is 12.2. The number of amides is 1. The number of ether oxygens (including phenoxy) is 4. The third kappa shape index (κ3) is 12.4. The van der Waals surface area contributed by atoms with E-state index in [2.05, 4.69) is 27.5 Å². The van der Waals surface area contributed by atoms with Gasteiger partial charge in [-0.3, -0.25) is 15.5 Å². The van der Waals surface area contributed by atoms with E-state index in [1.165, 1.54) is 5.56 Å². The molecule has 2 aromatic rings. The van der Waals surface area contributed by atoms with Gasteiger partial charge in [-0.1, -0.05) is 30.7 Å². The molecule has 0 saturated heterocycles. The minimum Gasteiger partial charge on any atom is -0.491 e. The molecule has 0 saturated carbocycles. The van der Waals surface area contributed by atoms with Gasteiger partial charge in [0.15, 0.2) is 28.4 Å². The van der Waals surface area contributed by atoms with Crippen molar-refractivity contribution in [2.75, 3.05) is 64.3 Å². The Bertz CT molecular complexity index is 995. The fourth-order valence-electron chi connectivity index (χ4n) is 3.15. The lowest BCUT2D eigenvalue weighted by molar-refractivity contribution is 0.00945. The normalized spacial score (nSPS) is 10.8. The number of nitrogens with one attached hydrogen (secondary N) is 3. The summed E-state index contributed by atoms with van der Waals surface area (Å²) in [4.78, 5) is 19.8. The first kappa shape index (κ1) is 31.0. The maximum Gasteiger partial charge on any atom is 0.280 e. The average Bonchev–Trinajstić information content (AvgIpc) is 2.90. The molecule has 0 unspecified atom stereocenters. The van der Waals surface area contributed by atoms with Crippen LogP contribution >= 0.6 is 11.6 Å². The SMILES string of the molecule is CCCOCCOCCOCCOc1ccc(CCCCNC(=N)NC(=O)c2nc(Cl)c(N)nc2N)cc1. The van der Waals surface area contributed by atoms with Crippen molar-refractivity contribution in [2.45, 2.75) is 32.6 Å². The molecule has 0 radical (unpaired) electrons. The van der Waals surface area contributed by atoms with E-state index in [1.807, 2.05) is 24.3 Å². The van der Waals surface area contributed by atoms with Gasteiger partial charge in [0.1, 0.15) is 12.4 Å². The van der Waals surface area contributed by atoms with Gasteiger partial charge in [-0.25, -0.2) is 9.97 Å². The molecule has 0 spiro atoms. The Morgan fingerprint density at radius 1 is 0.921 bits per heavy atom. The summed E-state index contributed by atoms with van der Waals surface area (Å²) in [6.07, 6.45) is 3.60. The van der Waals surface area contributed by atoms with E-state index in [-0.39, 0.29) is 28.4 Å². The number of rotatable bonds is 18. The van der Waals surface area contributed by atoms with Crippen molar-refractivity contribution < 1.29 is 23.7 Å². The molecule has 1 heterocycles. The minimum absolute atomic E-state index is 0.0669. The summed E-state index contributed by atoms with van der Waals surface area (Å²) in [5, 5.41) is 12.9. The van der Waals surface area contributed by atoms with Crippen LogP contribution in [0.25, 0.3) is 0 Å². The van der Waals surface area contributed by atoms with Crippen LogP contribution in [0.3, 0.4) is 0 Å². The first-order chi connectivity index (χ1) is 18.4. The molecular formula is C25H38ClN7O5. The van der Waals surface area contributed by atoms with Gasteiger partial charge in [0, 0.05) is 13.2 Å². The average molecular weight is 552 g/mol. The summed E-state index contributed by atoms with van der Waals surface area (Å²) < 4.78 is 22.0. The Balaban J connectivity index is 1.51. The van der Waals surface area contributed by atoms with Crippen LogP contribution in [0, 0.1) is 5.41 Å². The van der Waals surface area contributed by atoms with E-state index in [0.717, 1.165) is 38.0 Å². The van der Waals surface area contributed by atoms with Crippen LogP contribution in [0.1, 0.15) is 42.2 Å². The van der Waals surface area contributed by atoms with Gasteiger partial charge in [-0.05, 0) is 43.4 Å². The number of hydrogen-bond acceptors (Lipinski definition) is 10. The van der Waals surface area contributed by atoms with Crippen molar-refractivity contribution in [1.29, 1.82) is 5.41 Å². The topological polar surface area (TPSA) is 180 Å². The van der Waals surface area contributed by atoms with Crippen LogP contribution in [-0.2, 0) is 20.6 Å². The molecule has 12 nitrogen and oxygen atoms in total. The van der Waals surface area contributed by atoms with Crippen LogP contribution in [0.2, 0.25) is 5.15 Å². The monoisotopic (exact) mass is 551 g/mol. The molecule has 0 fully saturated rings. The molecule has 0 atom stereocenters. The summed E-state index contributed by atoms with van der Waals surface area (Å²) >= 11 is 5.78. The first-order valence-electron chi connectivity index (χ1n) is 12.6. The molecule has 7 N–H and O–H groups in total. The highest BCUT2D eigenvalue weighted by Crippen LogP contribution is 2.17. The number of carbonyl (C=O) groups is 1. The van der Waals surface area contributed by atoms with Gasteiger partial charge in [0.05, 0.1) is 33.0 Å². The third-order valence-corrected chi connectivity index (χ3v) is 5.34. The van der Waals surface area contributed by atoms with Gasteiger partial charge in [-0.2, -0.15) is 0 Å². The number of aryl methyl sites for hydroxylation is 1. The van der Waals surface area contributed by atoms with Gasteiger partial charge in [0.25, 0.3) is 5.91 Å². The Hall–Kier alpha value is -3.19. The molecule has 1 aromatic carbocycles. The fourth-order valence-corrected chi connectivity index (χ4v) is 3.28. The number of hydrogen-bond donors (Lipinski definition) is 5. The number of guanidine groups is 1. The molecule has 0 aliphatic carbocycles. The van der Waals surface area contributed by atoms with Crippen molar-refractivity contribution in [1.82, 2.24) is 20.6 Å². The number of aromatic nitrogens is 2. The maximum absolute atomic E-state index is 12.2. The Kier molecular flexibility index (Phi) is 14.8. The van der Waals surface area contributed by atoms with E-state index in [1.54, 1.807) is 0 Å². The zero-order valence-electron chi connectivity index (χ0n) is 21.8. The van der Waals surface area contributed by atoms with Gasteiger partial charge in [-0.15, -0.1) is 0 Å². The fraction of sp³-hybridized carbons (Fsp3) is 0.520. The lowest BCUT2D eigenvalue weighted by atomic mass is 10.1. The highest BCUT2D eigenvalue weighted by Gasteiger charge is 2.16. The second kappa shape index (κ2) is 18.1. The van der Waals surface area contributed by atoms with Crippen LogP contribution in [0.15, 0.2) is 24.3 Å². The summed E-state index contributed by atoms with van der Waals surface area (Å²) in [6.45, 7) is 6.58. The van der Waals surface area contributed by atoms with E-state index >= 15 is 0 Å². The molecule has 210 valence electrons. The molecule has 13 heteroatoms. The summed E-state index contributed by atoms with van der Waals surface area (Å²) in [5.74, 6) is -0.296. The lowest BCUT2D eigenvalue weighted by Crippen LogP contribution is -2.41. The summed E-state index contributed by atoms with van der Waals surface area (Å²) in [5.41, 5.74) is 12.1. The van der Waals surface area contributed by atoms with Crippen molar-refractivity contribution in [3.63, 3.8) is 0 Å². The van der Waals surface area contributed by atoms with Crippen molar-refractivity contribution in [2.24, 2.45) is 0 Å². The van der Waals surface area contributed by atoms with Gasteiger partial charge >= 0.3 is 0 Å². The third-order valence-electron chi connectivity index (χ3n) is 5.06. The number of unbranched alkanes of at least 4 members (excludes halogenated alkanes) is 1. The number of benzene rings is 1. The van der Waals surface area contributed by atoms with Crippen molar-refractivity contribution in [3.8, 4) is 5.75 Å². The smallest absolute Gasteiger partial charge is 0.280 e. The second-order valence-electron chi connectivity index (χ2n) is 8.18. The van der Waals surface area contributed by atoms with Crippen LogP contribution < -0.4 is 26.8 Å². The zero-order valence-corrected chi connectivity index (χ0v) is 22.5. The first-order valence-corrected chi connectivity index (χ1v) is 13.0. The highest BCUT2D eigenvalue weighted by molar-refractivity contribution is 6.31. The van der Waals surface area contributed by atoms with Crippen molar-refractivity contribution >= 4 is 35.1 Å². The zero-order chi connectivity index (χ0) is 27.6. The number of halogens is 1. The summed E-state index contributed by atoms with van der Waals surface area (Å²) in [7, 11) is 0. The number of nitrogens with two attached hydrogens (primary N) is 2. The number of anilines is 2. The molecule has 0 aliphatic heterocycles. The van der Waals surface area contributed by atoms with Gasteiger partial charge < -0.3 is 35.7 Å². The molecule has 1 amide bonds. The summed E-state index contributed by atoms with van der Waals surface area (Å²) in [6, 6.07) is 7.94. The molecule has 38 heavy (non-hydrogen) atoms. The molecule has 0 aliphatic rings. The Morgan fingerprint density at radius 3 is 2.21 bits per heavy atom. The van der Waals surface area contributed by atoms with Crippen LogP contribution in [-0.4, -0.2) is 74.6 Å². The highest BCUT2D eigenvalue weighted by atomic mass is 35.5. The van der Waals surface area contributed by atoms with Crippen LogP contribution in [0.5, 0.6) is 5.75 Å². The Labute approximate surface area is 228 Å². The van der Waals surface area contributed by atoms with E-state index < -0.39 is 5.91 Å². The Morgan fingerprint density at radius 2 is 1.55 bits per heavy atom. The van der Waals surface area contributed by atoms with Crippen molar-refractivity contribution in [3.05, 3.63) is 40.7 Å². The van der Waals surface area contributed by atoms with E-state index in [4.69, 9.17) is 47.4 Å². The predicted molar refractivity (Wildman–Crippen MR) is 147 cm³/mol. The quantitative estimate of drug-likeness (QED) is 0.105. The van der Waals surface area contributed by atoms with Crippen LogP contribution in [0.4, 0.5) is 11.6 Å². The van der Waals surface area contributed by atoms with E-state index in [9.17, 15) is 4.79 Å². The minimum atomic E-state index is -0.694. The standard InChI is InChI=1S/C25H38ClN7O5/c1-2-11-35-12-13-36-14-15-37-16-17-38-19-8-6-18(7-9-19)5-3-4-10-30-25(29)33-24(34)20-22(27)32-23(28)21(26)31-20/h6-9H,2-5,10-17H2,1H3,(H4,27,28,32)(H3,29,30,33,34). The second-order valence-corrected chi connectivity index (χ2v) is 8.53. The van der Waals surface area contributed by atoms with Gasteiger partial charge in [0.2, 0.25) is 0 Å². The molecule has 1 aromatic heterocycles. The number of nitrogen functional groups attached to an aromatic ring is 2.